The second-order valence-electron chi connectivity index (χ2n) is 9.68. The van der Waals surface area contributed by atoms with E-state index in [2.05, 4.69) is 0 Å². The van der Waals surface area contributed by atoms with E-state index < -0.39 is 0 Å². The van der Waals surface area contributed by atoms with Crippen molar-refractivity contribution in [1.29, 1.82) is 10.8 Å². The van der Waals surface area contributed by atoms with Crippen molar-refractivity contribution in [3.63, 3.8) is 0 Å². The van der Waals surface area contributed by atoms with Crippen molar-refractivity contribution in [2.24, 2.45) is 5.73 Å². The average Bonchev–Trinajstić information content (AvgIpc) is 3.02. The van der Waals surface area contributed by atoms with E-state index in [4.69, 9.17) is 35.5 Å². The molecular weight excluding hydrogens is 550 g/mol. The normalized spacial score (nSPS) is 12.8. The van der Waals surface area contributed by atoms with Gasteiger partial charge in [0.2, 0.25) is 17.7 Å². The average molecular weight is 588 g/mol. The summed E-state index contributed by atoms with van der Waals surface area (Å²) in [6, 6.07) is 18.8. The van der Waals surface area contributed by atoms with Gasteiger partial charge in [-0.3, -0.25) is 20.4 Å². The first kappa shape index (κ1) is 31.0. The minimum Gasteiger partial charge on any atom is -0.478 e. The van der Waals surface area contributed by atoms with E-state index in [1.54, 1.807) is 76.5 Å². The topological polar surface area (TPSA) is 151 Å². The molecule has 4 N–H and O–H groups in total. The molecule has 4 rings (SSSR count). The van der Waals surface area contributed by atoms with E-state index in [1.165, 1.54) is 0 Å². The number of piperazine rings is 1. The number of nitrogens with two attached hydrogens (primary N) is 1. The lowest BCUT2D eigenvalue weighted by Crippen LogP contribution is -2.50. The Morgan fingerprint density at radius 3 is 1.53 bits per heavy atom. The third-order valence-corrected chi connectivity index (χ3v) is 6.69. The Morgan fingerprint density at radius 2 is 1.12 bits per heavy atom. The summed E-state index contributed by atoms with van der Waals surface area (Å²) in [5.41, 5.74) is 7.14. The molecule has 3 aromatic rings. The summed E-state index contributed by atoms with van der Waals surface area (Å²) < 4.78 is 22.7. The van der Waals surface area contributed by atoms with Gasteiger partial charge in [-0.25, -0.2) is 0 Å². The van der Waals surface area contributed by atoms with Crippen molar-refractivity contribution < 1.29 is 28.5 Å². The summed E-state index contributed by atoms with van der Waals surface area (Å²) in [5, 5.41) is 16.0. The lowest BCUT2D eigenvalue weighted by atomic mass is 10.1. The molecule has 43 heavy (non-hydrogen) atoms. The number of rotatable bonds is 11. The monoisotopic (exact) mass is 587 g/mol. The number of hydrogen-bond acceptors (Lipinski definition) is 9. The predicted octanol–water partition coefficient (Wildman–Crippen LogP) is 4.63. The molecule has 2 amide bonds. The van der Waals surface area contributed by atoms with Crippen LogP contribution in [0.4, 0.5) is 0 Å². The molecule has 226 valence electrons. The zero-order valence-corrected chi connectivity index (χ0v) is 24.4. The Balaban J connectivity index is 1.56. The Kier molecular flexibility index (Phi) is 10.7. The van der Waals surface area contributed by atoms with Crippen molar-refractivity contribution in [1.82, 2.24) is 9.80 Å². The maximum Gasteiger partial charge on any atom is 0.254 e. The predicted molar refractivity (Wildman–Crippen MR) is 163 cm³/mol. The lowest BCUT2D eigenvalue weighted by Gasteiger charge is -2.35. The van der Waals surface area contributed by atoms with Gasteiger partial charge in [-0.15, -0.1) is 0 Å². The number of hydrogen-bond donors (Lipinski definition) is 3. The van der Waals surface area contributed by atoms with Crippen molar-refractivity contribution >= 4 is 23.6 Å². The minimum absolute atomic E-state index is 0.00879. The standard InChI is InChI=1S/C32H37N5O6/c1-3-40-30(34)22-5-9-25(10-6-22)42-27-19-24(32(39)37-17-15-36(16-18-37)29(38)13-14-33)20-28(21-27)43-26-11-7-23(8-12-26)31(35)41-4-2/h5-12,19-21,34-35H,3-4,13-18,33H2,1-2H3. The molecule has 1 saturated heterocycles. The summed E-state index contributed by atoms with van der Waals surface area (Å²) in [4.78, 5) is 29.3. The fourth-order valence-corrected chi connectivity index (χ4v) is 4.51. The first-order valence-corrected chi connectivity index (χ1v) is 14.2. The highest BCUT2D eigenvalue weighted by Gasteiger charge is 2.25. The van der Waals surface area contributed by atoms with Crippen LogP contribution in [0.15, 0.2) is 66.7 Å². The molecule has 3 aromatic carbocycles. The van der Waals surface area contributed by atoms with E-state index in [0.29, 0.717) is 85.6 Å². The first-order valence-electron chi connectivity index (χ1n) is 14.2. The van der Waals surface area contributed by atoms with Crippen LogP contribution in [-0.4, -0.2) is 79.3 Å². The van der Waals surface area contributed by atoms with Crippen LogP contribution < -0.4 is 15.2 Å². The van der Waals surface area contributed by atoms with E-state index in [9.17, 15) is 9.59 Å². The summed E-state index contributed by atoms with van der Waals surface area (Å²) in [7, 11) is 0. The van der Waals surface area contributed by atoms with Gasteiger partial charge in [-0.2, -0.15) is 0 Å². The van der Waals surface area contributed by atoms with Crippen LogP contribution in [0.3, 0.4) is 0 Å². The molecule has 0 aromatic heterocycles. The zero-order valence-electron chi connectivity index (χ0n) is 24.4. The summed E-state index contributed by atoms with van der Waals surface area (Å²) in [6.45, 7) is 6.42. The van der Waals surface area contributed by atoms with Crippen LogP contribution in [0.2, 0.25) is 0 Å². The quantitative estimate of drug-likeness (QED) is 0.219. The lowest BCUT2D eigenvalue weighted by molar-refractivity contribution is -0.132. The zero-order chi connectivity index (χ0) is 30.8. The summed E-state index contributed by atoms with van der Waals surface area (Å²) in [6.07, 6.45) is 0.287. The number of benzene rings is 3. The Labute approximate surface area is 251 Å². The number of carbonyl (C=O) groups excluding carboxylic acids is 2. The van der Waals surface area contributed by atoms with Crippen LogP contribution in [0.1, 0.15) is 41.8 Å². The second-order valence-corrected chi connectivity index (χ2v) is 9.68. The van der Waals surface area contributed by atoms with Crippen molar-refractivity contribution in [3.8, 4) is 23.0 Å². The minimum atomic E-state index is -0.206. The van der Waals surface area contributed by atoms with Crippen molar-refractivity contribution in [2.75, 3.05) is 45.9 Å². The number of amides is 2. The molecule has 1 heterocycles. The summed E-state index contributed by atoms with van der Waals surface area (Å²) in [5.74, 6) is 1.73. The van der Waals surface area contributed by atoms with Gasteiger partial charge < -0.3 is 34.5 Å². The molecule has 0 atom stereocenters. The van der Waals surface area contributed by atoms with Gasteiger partial charge in [0.05, 0.1) is 13.2 Å². The van der Waals surface area contributed by atoms with Crippen LogP contribution in [0.5, 0.6) is 23.0 Å². The molecule has 1 aliphatic rings. The molecular formula is C32H37N5O6. The maximum atomic E-state index is 13.6. The fraction of sp³-hybridized carbons (Fsp3) is 0.312. The van der Waals surface area contributed by atoms with Gasteiger partial charge in [-0.05, 0) is 74.5 Å². The van der Waals surface area contributed by atoms with Crippen molar-refractivity contribution in [2.45, 2.75) is 20.3 Å². The van der Waals surface area contributed by atoms with Crippen LogP contribution in [0.25, 0.3) is 0 Å². The van der Waals surface area contributed by atoms with Crippen molar-refractivity contribution in [3.05, 3.63) is 83.4 Å². The molecule has 0 radical (unpaired) electrons. The highest BCUT2D eigenvalue weighted by molar-refractivity contribution is 5.95. The van der Waals surface area contributed by atoms with E-state index >= 15 is 0 Å². The van der Waals surface area contributed by atoms with Gasteiger partial charge in [0.25, 0.3) is 5.91 Å². The number of carbonyl (C=O) groups is 2. The molecule has 0 bridgehead atoms. The van der Waals surface area contributed by atoms with Gasteiger partial charge in [0, 0.05) is 61.9 Å². The largest absolute Gasteiger partial charge is 0.478 e. The SMILES string of the molecule is CCOC(=N)c1ccc(Oc2cc(Oc3ccc(C(=N)OCC)cc3)cc(C(=O)N3CCN(C(=O)CCN)CC3)c2)cc1. The molecule has 1 fully saturated rings. The van der Waals surface area contributed by atoms with E-state index in [0.717, 1.165) is 0 Å². The fourth-order valence-electron chi connectivity index (χ4n) is 4.51. The molecule has 11 heteroatoms. The van der Waals surface area contributed by atoms with Crippen LogP contribution >= 0.6 is 0 Å². The van der Waals surface area contributed by atoms with Crippen LogP contribution in [0, 0.1) is 10.8 Å². The highest BCUT2D eigenvalue weighted by atomic mass is 16.5. The molecule has 0 unspecified atom stereocenters. The smallest absolute Gasteiger partial charge is 0.254 e. The molecule has 11 nitrogen and oxygen atoms in total. The third kappa shape index (κ3) is 8.32. The van der Waals surface area contributed by atoms with Gasteiger partial charge in [0.15, 0.2) is 0 Å². The number of ether oxygens (including phenoxy) is 4. The van der Waals surface area contributed by atoms with Gasteiger partial charge in [-0.1, -0.05) is 0 Å². The van der Waals surface area contributed by atoms with E-state index in [-0.39, 0.29) is 30.0 Å². The van der Waals surface area contributed by atoms with Crippen LogP contribution in [-0.2, 0) is 14.3 Å². The Morgan fingerprint density at radius 1 is 0.674 bits per heavy atom. The maximum absolute atomic E-state index is 13.6. The van der Waals surface area contributed by atoms with Gasteiger partial charge >= 0.3 is 0 Å². The third-order valence-electron chi connectivity index (χ3n) is 6.69. The number of nitrogens with one attached hydrogen (secondary N) is 2. The first-order chi connectivity index (χ1) is 20.8. The molecule has 0 spiro atoms. The Hall–Kier alpha value is -4.90. The molecule has 0 saturated carbocycles. The second kappa shape index (κ2) is 14.8. The molecule has 1 aliphatic heterocycles. The Bertz CT molecular complexity index is 1350. The summed E-state index contributed by atoms with van der Waals surface area (Å²) >= 11 is 0. The number of nitrogens with zero attached hydrogens (tertiary/aromatic N) is 2. The van der Waals surface area contributed by atoms with Gasteiger partial charge in [0.1, 0.15) is 23.0 Å². The molecule has 0 aliphatic carbocycles. The highest BCUT2D eigenvalue weighted by Crippen LogP contribution is 2.31. The van der Waals surface area contributed by atoms with E-state index in [1.807, 2.05) is 13.8 Å².